The summed E-state index contributed by atoms with van der Waals surface area (Å²) in [4.78, 5) is 23.7. The molecule has 0 heterocycles. The molecule has 0 aliphatic carbocycles. The zero-order valence-corrected chi connectivity index (χ0v) is 18.8. The number of carbonyl (C=O) groups is 2. The van der Waals surface area contributed by atoms with Crippen LogP contribution in [-0.2, 0) is 0 Å². The van der Waals surface area contributed by atoms with E-state index in [2.05, 4.69) is 0 Å². The molecule has 7 heteroatoms. The third kappa shape index (κ3) is 6.38. The van der Waals surface area contributed by atoms with E-state index in [0.29, 0.717) is 29.2 Å². The first-order valence-electron chi connectivity index (χ1n) is 9.99. The van der Waals surface area contributed by atoms with E-state index < -0.39 is 12.1 Å². The Bertz CT molecular complexity index is 957. The molecule has 0 aromatic heterocycles. The number of rotatable bonds is 9. The number of phenols is 1. The molecule has 7 nitrogen and oxygen atoms in total. The van der Waals surface area contributed by atoms with Crippen molar-refractivity contribution in [2.75, 3.05) is 13.7 Å². The number of ether oxygens (including phenoxy) is 3. The van der Waals surface area contributed by atoms with Crippen LogP contribution in [0.5, 0.6) is 23.0 Å². The fourth-order valence-electron chi connectivity index (χ4n) is 3.00. The first-order chi connectivity index (χ1) is 14.4. The van der Waals surface area contributed by atoms with Crippen LogP contribution in [-0.4, -0.2) is 41.8 Å². The number of carboxylic acids is 1. The fraction of sp³-hybridized carbons (Fsp3) is 0.417. The van der Waals surface area contributed by atoms with Gasteiger partial charge in [0.05, 0.1) is 18.2 Å². The van der Waals surface area contributed by atoms with Gasteiger partial charge < -0.3 is 24.4 Å². The average Bonchev–Trinajstić information content (AvgIpc) is 2.67. The Morgan fingerprint density at radius 1 is 1.06 bits per heavy atom. The quantitative estimate of drug-likeness (QED) is 0.547. The lowest BCUT2D eigenvalue weighted by Crippen LogP contribution is -2.22. The van der Waals surface area contributed by atoms with Crippen LogP contribution in [0.25, 0.3) is 0 Å². The average molecular weight is 430 g/mol. The van der Waals surface area contributed by atoms with Crippen LogP contribution in [0, 0.1) is 12.3 Å². The molecule has 0 amide bonds. The van der Waals surface area contributed by atoms with Gasteiger partial charge in [-0.1, -0.05) is 20.8 Å². The molecular weight excluding hydrogens is 400 g/mol. The lowest BCUT2D eigenvalue weighted by Gasteiger charge is -2.20. The van der Waals surface area contributed by atoms with Crippen LogP contribution in [0.3, 0.4) is 0 Å². The van der Waals surface area contributed by atoms with E-state index in [9.17, 15) is 19.8 Å². The Hall–Kier alpha value is -3.22. The molecule has 0 unspecified atom stereocenters. The van der Waals surface area contributed by atoms with E-state index in [1.807, 2.05) is 20.8 Å². The van der Waals surface area contributed by atoms with Crippen molar-refractivity contribution in [1.29, 1.82) is 0 Å². The second-order valence-corrected chi connectivity index (χ2v) is 8.66. The summed E-state index contributed by atoms with van der Waals surface area (Å²) >= 11 is 0. The molecule has 31 heavy (non-hydrogen) atoms. The highest BCUT2D eigenvalue weighted by atomic mass is 16.5. The minimum Gasteiger partial charge on any atom is -0.507 e. The molecule has 2 rings (SSSR count). The summed E-state index contributed by atoms with van der Waals surface area (Å²) in [6, 6.07) is 7.58. The normalized spacial score (nSPS) is 12.2. The van der Waals surface area contributed by atoms with Gasteiger partial charge in [-0.2, -0.15) is 0 Å². The summed E-state index contributed by atoms with van der Waals surface area (Å²) in [7, 11) is 1.47. The van der Waals surface area contributed by atoms with E-state index in [-0.39, 0.29) is 34.7 Å². The van der Waals surface area contributed by atoms with Crippen LogP contribution >= 0.6 is 0 Å². The van der Waals surface area contributed by atoms with Crippen molar-refractivity contribution < 1.29 is 34.0 Å². The zero-order chi connectivity index (χ0) is 23.3. The Kier molecular flexibility index (Phi) is 7.55. The predicted molar refractivity (Wildman–Crippen MR) is 117 cm³/mol. The lowest BCUT2D eigenvalue weighted by atomic mass is 9.87. The molecule has 2 aromatic rings. The molecule has 0 aliphatic rings. The van der Waals surface area contributed by atoms with Gasteiger partial charge in [0, 0.05) is 12.0 Å². The Balaban J connectivity index is 2.10. The van der Waals surface area contributed by atoms with Crippen molar-refractivity contribution in [2.45, 2.75) is 47.1 Å². The van der Waals surface area contributed by atoms with E-state index in [1.54, 1.807) is 26.0 Å². The highest BCUT2D eigenvalue weighted by Crippen LogP contribution is 2.34. The van der Waals surface area contributed by atoms with Gasteiger partial charge in [-0.25, -0.2) is 4.79 Å². The second kappa shape index (κ2) is 9.73. The number of methoxy groups -OCH3 is 1. The highest BCUT2D eigenvalue weighted by Gasteiger charge is 2.22. The Morgan fingerprint density at radius 3 is 2.29 bits per heavy atom. The molecular formula is C24H30O7. The number of Topliss-reactive ketones (excluding diaryl/α,β-unsaturated/α-hetero) is 1. The van der Waals surface area contributed by atoms with Crippen molar-refractivity contribution >= 4 is 11.8 Å². The molecule has 2 aromatic carbocycles. The number of hydrogen-bond donors (Lipinski definition) is 2. The maximum absolute atomic E-state index is 12.5. The first-order valence-corrected chi connectivity index (χ1v) is 9.99. The molecule has 0 spiro atoms. The smallest absolute Gasteiger partial charge is 0.335 e. The van der Waals surface area contributed by atoms with Gasteiger partial charge in [-0.3, -0.25) is 4.79 Å². The molecule has 0 saturated heterocycles. The number of carboxylic acid groups (broad SMARTS) is 1. The largest absolute Gasteiger partial charge is 0.507 e. The summed E-state index contributed by atoms with van der Waals surface area (Å²) in [5.41, 5.74) is 0.648. The van der Waals surface area contributed by atoms with Crippen LogP contribution in [0.15, 0.2) is 30.3 Å². The SMILES string of the molecule is COc1ccc(C(=O)O)cc1O[C@H](C)COc1ccc(C(=O)CC(C)(C)C)c(O)c1C. The zero-order valence-electron chi connectivity index (χ0n) is 18.8. The predicted octanol–water partition coefficient (Wildman–Crippen LogP) is 4.87. The summed E-state index contributed by atoms with van der Waals surface area (Å²) in [5, 5.41) is 19.7. The molecule has 0 aliphatic heterocycles. The maximum atomic E-state index is 12.5. The van der Waals surface area contributed by atoms with Gasteiger partial charge in [0.15, 0.2) is 17.3 Å². The first kappa shape index (κ1) is 24.1. The van der Waals surface area contributed by atoms with Crippen LogP contribution in [0.1, 0.15) is 60.4 Å². The summed E-state index contributed by atoms with van der Waals surface area (Å²) in [5.74, 6) is -0.137. The molecule has 2 N–H and O–H groups in total. The molecule has 0 saturated carbocycles. The number of benzene rings is 2. The summed E-state index contributed by atoms with van der Waals surface area (Å²) in [6.07, 6.45) is -0.121. The number of hydrogen-bond acceptors (Lipinski definition) is 6. The Morgan fingerprint density at radius 2 is 1.71 bits per heavy atom. The van der Waals surface area contributed by atoms with Crippen molar-refractivity contribution in [1.82, 2.24) is 0 Å². The standard InChI is InChI=1S/C24H30O7/c1-14(31-21-11-16(23(27)28)7-9-20(21)29-6)13-30-19-10-8-17(22(26)15(19)2)18(25)12-24(3,4)5/h7-11,14,26H,12-13H2,1-6H3,(H,27,28)/t14-/m1/s1. The summed E-state index contributed by atoms with van der Waals surface area (Å²) < 4.78 is 16.8. The van der Waals surface area contributed by atoms with Crippen molar-refractivity contribution in [3.63, 3.8) is 0 Å². The highest BCUT2D eigenvalue weighted by molar-refractivity contribution is 5.99. The number of phenolic OH excluding ortho intramolecular Hbond substituents is 1. The van der Waals surface area contributed by atoms with Gasteiger partial charge in [0.25, 0.3) is 0 Å². The minimum absolute atomic E-state index is 0.0835. The van der Waals surface area contributed by atoms with Gasteiger partial charge in [0.2, 0.25) is 0 Å². The summed E-state index contributed by atoms with van der Waals surface area (Å²) in [6.45, 7) is 9.49. The number of aromatic hydroxyl groups is 1. The van der Waals surface area contributed by atoms with E-state index in [4.69, 9.17) is 14.2 Å². The van der Waals surface area contributed by atoms with Crippen LogP contribution in [0.2, 0.25) is 0 Å². The van der Waals surface area contributed by atoms with Gasteiger partial charge in [-0.05, 0) is 49.6 Å². The van der Waals surface area contributed by atoms with Crippen LogP contribution < -0.4 is 14.2 Å². The molecule has 1 atom stereocenters. The maximum Gasteiger partial charge on any atom is 0.335 e. The van der Waals surface area contributed by atoms with Crippen molar-refractivity contribution in [3.05, 3.63) is 47.0 Å². The lowest BCUT2D eigenvalue weighted by molar-refractivity contribution is 0.0695. The van der Waals surface area contributed by atoms with Crippen molar-refractivity contribution in [3.8, 4) is 23.0 Å². The van der Waals surface area contributed by atoms with Crippen molar-refractivity contribution in [2.24, 2.45) is 5.41 Å². The second-order valence-electron chi connectivity index (χ2n) is 8.66. The Labute approximate surface area is 182 Å². The molecule has 0 fully saturated rings. The van der Waals surface area contributed by atoms with E-state index >= 15 is 0 Å². The third-order valence-corrected chi connectivity index (χ3v) is 4.58. The van der Waals surface area contributed by atoms with Gasteiger partial charge in [0.1, 0.15) is 24.2 Å². The topological polar surface area (TPSA) is 102 Å². The molecule has 0 radical (unpaired) electrons. The number of ketones is 1. The van der Waals surface area contributed by atoms with Crippen LogP contribution in [0.4, 0.5) is 0 Å². The number of carbonyl (C=O) groups excluding carboxylic acids is 1. The monoisotopic (exact) mass is 430 g/mol. The molecule has 168 valence electrons. The van der Waals surface area contributed by atoms with Gasteiger partial charge in [-0.15, -0.1) is 0 Å². The van der Waals surface area contributed by atoms with E-state index in [0.717, 1.165) is 0 Å². The fourth-order valence-corrected chi connectivity index (χ4v) is 3.00. The number of aromatic carboxylic acids is 1. The molecule has 0 bridgehead atoms. The van der Waals surface area contributed by atoms with Gasteiger partial charge >= 0.3 is 5.97 Å². The third-order valence-electron chi connectivity index (χ3n) is 4.58. The van der Waals surface area contributed by atoms with E-state index in [1.165, 1.54) is 25.3 Å². The minimum atomic E-state index is -1.07.